The number of para-hydroxylation sites is 1. The maximum atomic E-state index is 13.3. The van der Waals surface area contributed by atoms with Gasteiger partial charge in [-0.05, 0) is 30.5 Å². The molecule has 10 heteroatoms. The lowest BCUT2D eigenvalue weighted by Crippen LogP contribution is -2.52. The molecule has 3 amide bonds. The van der Waals surface area contributed by atoms with Crippen LogP contribution in [0.2, 0.25) is 0 Å². The molecule has 3 rings (SSSR count). The van der Waals surface area contributed by atoms with E-state index in [1.165, 1.54) is 4.90 Å². The number of hydrogen-bond donors (Lipinski definition) is 5. The van der Waals surface area contributed by atoms with Gasteiger partial charge in [0, 0.05) is 37.8 Å². The zero-order valence-corrected chi connectivity index (χ0v) is 20.8. The molecule has 8 N–H and O–H groups in total. The molecule has 3 aromatic rings. The van der Waals surface area contributed by atoms with Crippen molar-refractivity contribution in [2.75, 3.05) is 31.5 Å². The molecule has 0 spiro atoms. The third-order valence-electron chi connectivity index (χ3n) is 5.99. The summed E-state index contributed by atoms with van der Waals surface area (Å²) >= 11 is 0. The Morgan fingerprint density at radius 1 is 0.892 bits per heavy atom. The molecule has 0 aliphatic heterocycles. The Hall–Kier alpha value is -3.86. The van der Waals surface area contributed by atoms with Gasteiger partial charge in [-0.3, -0.25) is 19.4 Å². The van der Waals surface area contributed by atoms with Crippen LogP contribution in [0.25, 0.3) is 10.9 Å². The molecule has 0 bridgehead atoms. The van der Waals surface area contributed by atoms with Crippen molar-refractivity contribution in [2.45, 2.75) is 31.3 Å². The number of anilines is 1. The molecule has 0 saturated carbocycles. The monoisotopic (exact) mass is 505 g/mol. The summed E-state index contributed by atoms with van der Waals surface area (Å²) in [5.74, 6) is -1.28. The summed E-state index contributed by atoms with van der Waals surface area (Å²) in [5.41, 5.74) is 19.6. The van der Waals surface area contributed by atoms with Crippen LogP contribution in [-0.4, -0.2) is 65.9 Å². The second kappa shape index (κ2) is 14.0. The molecule has 37 heavy (non-hydrogen) atoms. The molecule has 0 aliphatic rings. The number of benzene rings is 2. The van der Waals surface area contributed by atoms with Crippen LogP contribution in [0.15, 0.2) is 66.9 Å². The zero-order valence-electron chi connectivity index (χ0n) is 20.8. The van der Waals surface area contributed by atoms with Crippen LogP contribution in [0.1, 0.15) is 18.4 Å². The van der Waals surface area contributed by atoms with Crippen LogP contribution < -0.4 is 27.8 Å². The predicted octanol–water partition coefficient (Wildman–Crippen LogP) is 0.754. The van der Waals surface area contributed by atoms with Gasteiger partial charge in [0.25, 0.3) is 0 Å². The van der Waals surface area contributed by atoms with Crippen molar-refractivity contribution in [3.8, 4) is 0 Å². The zero-order chi connectivity index (χ0) is 26.6. The molecule has 0 radical (unpaired) electrons. The number of aromatic nitrogens is 1. The lowest BCUT2D eigenvalue weighted by atomic mass is 10.0. The highest BCUT2D eigenvalue weighted by atomic mass is 16.2. The summed E-state index contributed by atoms with van der Waals surface area (Å²) in [5, 5.41) is 6.46. The minimum Gasteiger partial charge on any atom is -0.343 e. The molecule has 10 nitrogen and oxygen atoms in total. The first-order valence-corrected chi connectivity index (χ1v) is 12.3. The molecular weight excluding hydrogens is 470 g/mol. The van der Waals surface area contributed by atoms with Crippen LogP contribution in [0.4, 0.5) is 5.69 Å². The number of pyridine rings is 1. The second-order valence-corrected chi connectivity index (χ2v) is 8.72. The van der Waals surface area contributed by atoms with Crippen LogP contribution in [-0.2, 0) is 20.8 Å². The van der Waals surface area contributed by atoms with Gasteiger partial charge in [0.15, 0.2) is 0 Å². The fraction of sp³-hybridized carbons (Fsp3) is 0.333. The number of carbonyl (C=O) groups is 3. The van der Waals surface area contributed by atoms with Crippen LogP contribution >= 0.6 is 0 Å². The Morgan fingerprint density at radius 3 is 2.27 bits per heavy atom. The fourth-order valence-electron chi connectivity index (χ4n) is 4.01. The van der Waals surface area contributed by atoms with Gasteiger partial charge in [-0.25, -0.2) is 0 Å². The van der Waals surface area contributed by atoms with E-state index in [2.05, 4.69) is 15.6 Å². The summed E-state index contributed by atoms with van der Waals surface area (Å²) in [6, 6.07) is 16.8. The van der Waals surface area contributed by atoms with E-state index in [0.29, 0.717) is 31.6 Å². The first kappa shape index (κ1) is 27.7. The summed E-state index contributed by atoms with van der Waals surface area (Å²) in [6.45, 7) is 1.20. The van der Waals surface area contributed by atoms with Gasteiger partial charge in [-0.15, -0.1) is 0 Å². The Bertz CT molecular complexity index is 1180. The average Bonchev–Trinajstić information content (AvgIpc) is 2.91. The quantitative estimate of drug-likeness (QED) is 0.228. The number of amides is 3. The number of nitrogens with two attached hydrogens (primary N) is 3. The Morgan fingerprint density at radius 2 is 1.57 bits per heavy atom. The number of nitrogens with one attached hydrogen (secondary N) is 2. The highest BCUT2D eigenvalue weighted by molar-refractivity contribution is 6.04. The molecule has 0 aliphatic carbocycles. The van der Waals surface area contributed by atoms with Crippen molar-refractivity contribution >= 4 is 34.3 Å². The van der Waals surface area contributed by atoms with Gasteiger partial charge in [0.2, 0.25) is 17.7 Å². The number of hydrogen-bond acceptors (Lipinski definition) is 7. The molecule has 2 unspecified atom stereocenters. The number of nitrogens with zero attached hydrogens (tertiary/aromatic N) is 2. The molecule has 1 heterocycles. The first-order valence-electron chi connectivity index (χ1n) is 12.3. The third-order valence-corrected chi connectivity index (χ3v) is 5.99. The van der Waals surface area contributed by atoms with Gasteiger partial charge in [0.1, 0.15) is 6.04 Å². The first-order chi connectivity index (χ1) is 17.9. The van der Waals surface area contributed by atoms with Crippen molar-refractivity contribution in [3.63, 3.8) is 0 Å². The molecule has 1 aromatic heterocycles. The highest BCUT2D eigenvalue weighted by Gasteiger charge is 2.26. The standard InChI is InChI=1S/C27H35N7O3/c28-13-16-34(17-14-29)25(35)18-21(30)26(36)33-24(11-10-19-6-2-1-3-7-19)27(37)32-23-12-15-31-22-9-5-4-8-20(22)23/h1-9,12,15,21,24H,10-11,13-14,16-18,28-30H2,(H,33,36)(H,31,32,37). The van der Waals surface area contributed by atoms with Crippen molar-refractivity contribution < 1.29 is 14.4 Å². The van der Waals surface area contributed by atoms with Gasteiger partial charge in [-0.2, -0.15) is 0 Å². The van der Waals surface area contributed by atoms with E-state index in [1.807, 2.05) is 54.6 Å². The normalized spacial score (nSPS) is 12.5. The number of rotatable bonds is 13. The van der Waals surface area contributed by atoms with E-state index in [1.54, 1.807) is 12.3 Å². The molecule has 0 saturated heterocycles. The largest absolute Gasteiger partial charge is 0.343 e. The van der Waals surface area contributed by atoms with E-state index < -0.39 is 18.0 Å². The van der Waals surface area contributed by atoms with Crippen molar-refractivity contribution in [3.05, 3.63) is 72.4 Å². The third kappa shape index (κ3) is 8.07. The van der Waals surface area contributed by atoms with Crippen molar-refractivity contribution in [1.82, 2.24) is 15.2 Å². The fourth-order valence-corrected chi connectivity index (χ4v) is 4.01. The second-order valence-electron chi connectivity index (χ2n) is 8.72. The smallest absolute Gasteiger partial charge is 0.246 e. The maximum absolute atomic E-state index is 13.3. The lowest BCUT2D eigenvalue weighted by molar-refractivity contribution is -0.134. The van der Waals surface area contributed by atoms with Crippen molar-refractivity contribution in [2.24, 2.45) is 17.2 Å². The summed E-state index contributed by atoms with van der Waals surface area (Å²) in [7, 11) is 0. The van der Waals surface area contributed by atoms with Crippen LogP contribution in [0.5, 0.6) is 0 Å². The Balaban J connectivity index is 1.72. The van der Waals surface area contributed by atoms with E-state index in [4.69, 9.17) is 17.2 Å². The summed E-state index contributed by atoms with van der Waals surface area (Å²) in [6.07, 6.45) is 2.31. The number of carbonyl (C=O) groups excluding carboxylic acids is 3. The van der Waals surface area contributed by atoms with Crippen LogP contribution in [0, 0.1) is 0 Å². The van der Waals surface area contributed by atoms with Gasteiger partial charge in [0.05, 0.1) is 23.7 Å². The molecule has 196 valence electrons. The molecule has 0 fully saturated rings. The molecule has 2 aromatic carbocycles. The highest BCUT2D eigenvalue weighted by Crippen LogP contribution is 2.21. The lowest BCUT2D eigenvalue weighted by Gasteiger charge is -2.24. The topological polar surface area (TPSA) is 169 Å². The van der Waals surface area contributed by atoms with E-state index in [0.717, 1.165) is 16.5 Å². The average molecular weight is 506 g/mol. The van der Waals surface area contributed by atoms with E-state index >= 15 is 0 Å². The van der Waals surface area contributed by atoms with Gasteiger partial charge >= 0.3 is 0 Å². The van der Waals surface area contributed by atoms with E-state index in [9.17, 15) is 14.4 Å². The Kier molecular flexibility index (Phi) is 10.5. The summed E-state index contributed by atoms with van der Waals surface area (Å²) < 4.78 is 0. The molecular formula is C27H35N7O3. The number of aryl methyl sites for hydroxylation is 1. The van der Waals surface area contributed by atoms with Gasteiger partial charge < -0.3 is 32.7 Å². The SMILES string of the molecule is NCCN(CCN)C(=O)CC(N)C(=O)NC(CCc1ccccc1)C(=O)Nc1ccnc2ccccc12. The van der Waals surface area contributed by atoms with Crippen LogP contribution in [0.3, 0.4) is 0 Å². The van der Waals surface area contributed by atoms with E-state index in [-0.39, 0.29) is 31.3 Å². The predicted molar refractivity (Wildman–Crippen MR) is 144 cm³/mol. The molecule has 2 atom stereocenters. The minimum absolute atomic E-state index is 0.214. The number of fused-ring (bicyclic) bond motifs is 1. The van der Waals surface area contributed by atoms with Crippen molar-refractivity contribution in [1.29, 1.82) is 0 Å². The summed E-state index contributed by atoms with van der Waals surface area (Å²) in [4.78, 5) is 44.7. The Labute approximate surface area is 216 Å². The maximum Gasteiger partial charge on any atom is 0.246 e. The minimum atomic E-state index is -1.13. The van der Waals surface area contributed by atoms with Gasteiger partial charge in [-0.1, -0.05) is 48.5 Å².